The van der Waals surface area contributed by atoms with Crippen LogP contribution in [0.25, 0.3) is 16.5 Å². The van der Waals surface area contributed by atoms with Gasteiger partial charge in [0.05, 0.1) is 0 Å². The van der Waals surface area contributed by atoms with Gasteiger partial charge in [-0.05, 0) is 67.3 Å². The number of rotatable bonds is 4. The molecule has 1 heterocycles. The van der Waals surface area contributed by atoms with Crippen LogP contribution in [0.2, 0.25) is 0 Å². The van der Waals surface area contributed by atoms with Gasteiger partial charge in [0, 0.05) is 40.0 Å². The zero-order valence-corrected chi connectivity index (χ0v) is 14.3. The number of carbonyl (C=O) groups is 1. The van der Waals surface area contributed by atoms with Crippen molar-refractivity contribution < 1.29 is 9.18 Å². The summed E-state index contributed by atoms with van der Waals surface area (Å²) in [6, 6.07) is 12.3. The Morgan fingerprint density at radius 3 is 2.69 bits per heavy atom. The Balaban J connectivity index is 1.53. The second-order valence-electron chi connectivity index (χ2n) is 6.68. The lowest BCUT2D eigenvalue weighted by Crippen LogP contribution is -2.21. The van der Waals surface area contributed by atoms with E-state index in [9.17, 15) is 9.18 Å². The lowest BCUT2D eigenvalue weighted by molar-refractivity contribution is 0.100. The number of anilines is 1. The number of hydrogen-bond acceptors (Lipinski definition) is 2. The zero-order chi connectivity index (χ0) is 18.1. The summed E-state index contributed by atoms with van der Waals surface area (Å²) in [6.07, 6.45) is 7.06. The first-order valence-corrected chi connectivity index (χ1v) is 8.72. The minimum absolute atomic E-state index is 0.226. The number of hydrogen-bond donors (Lipinski definition) is 3. The van der Waals surface area contributed by atoms with Gasteiger partial charge < -0.3 is 16.0 Å². The highest BCUT2D eigenvalue weighted by atomic mass is 19.1. The van der Waals surface area contributed by atoms with Crippen molar-refractivity contribution >= 4 is 28.1 Å². The summed E-state index contributed by atoms with van der Waals surface area (Å²) in [5.41, 5.74) is 10.3. The highest BCUT2D eigenvalue weighted by Crippen LogP contribution is 2.33. The Kier molecular flexibility index (Phi) is 4.21. The van der Waals surface area contributed by atoms with Crippen LogP contribution in [0.15, 0.2) is 54.7 Å². The van der Waals surface area contributed by atoms with Crippen molar-refractivity contribution in [2.24, 2.45) is 5.73 Å². The number of primary amides is 1. The van der Waals surface area contributed by atoms with Gasteiger partial charge in [-0.2, -0.15) is 0 Å². The maximum absolute atomic E-state index is 13.0. The number of aromatic nitrogens is 1. The Morgan fingerprint density at radius 2 is 2.00 bits per heavy atom. The number of amides is 1. The van der Waals surface area contributed by atoms with Gasteiger partial charge in [-0.25, -0.2) is 4.39 Å². The molecule has 0 aliphatic heterocycles. The largest absolute Gasteiger partial charge is 0.382 e. The van der Waals surface area contributed by atoms with E-state index in [2.05, 4.69) is 16.4 Å². The van der Waals surface area contributed by atoms with E-state index in [1.165, 1.54) is 17.7 Å². The lowest BCUT2D eigenvalue weighted by atomic mass is 9.90. The quantitative estimate of drug-likeness (QED) is 0.651. The molecule has 2 aromatic carbocycles. The number of H-pyrrole nitrogens is 1. The van der Waals surface area contributed by atoms with Crippen molar-refractivity contribution in [2.45, 2.75) is 25.3 Å². The molecule has 1 aromatic heterocycles. The predicted octanol–water partition coefficient (Wildman–Crippen LogP) is 4.45. The average molecular weight is 349 g/mol. The molecule has 0 radical (unpaired) electrons. The molecule has 0 saturated carbocycles. The summed E-state index contributed by atoms with van der Waals surface area (Å²) in [4.78, 5) is 14.7. The molecule has 1 amide bonds. The molecule has 132 valence electrons. The highest BCUT2D eigenvalue weighted by molar-refractivity contribution is 6.00. The molecule has 4 rings (SSSR count). The van der Waals surface area contributed by atoms with Crippen LogP contribution >= 0.6 is 0 Å². The van der Waals surface area contributed by atoms with Gasteiger partial charge >= 0.3 is 0 Å². The van der Waals surface area contributed by atoms with Crippen molar-refractivity contribution in [1.29, 1.82) is 0 Å². The molecule has 26 heavy (non-hydrogen) atoms. The molecule has 1 atom stereocenters. The number of benzene rings is 2. The molecule has 0 bridgehead atoms. The van der Waals surface area contributed by atoms with E-state index >= 15 is 0 Å². The summed E-state index contributed by atoms with van der Waals surface area (Å²) in [7, 11) is 0. The maximum Gasteiger partial charge on any atom is 0.248 e. The molecule has 1 aliphatic rings. The number of fused-ring (bicyclic) bond motifs is 1. The highest BCUT2D eigenvalue weighted by Gasteiger charge is 2.18. The first-order chi connectivity index (χ1) is 12.6. The SMILES string of the molecule is NC(=O)c1ccc2[nH]cc(C3=CCC(Nc4ccc(F)cc4)CC3)c2c1. The van der Waals surface area contributed by atoms with Gasteiger partial charge in [0.1, 0.15) is 5.82 Å². The van der Waals surface area contributed by atoms with Crippen LogP contribution in [0.3, 0.4) is 0 Å². The monoisotopic (exact) mass is 349 g/mol. The van der Waals surface area contributed by atoms with Gasteiger partial charge in [0.15, 0.2) is 0 Å². The number of nitrogens with one attached hydrogen (secondary N) is 2. The third-order valence-corrected chi connectivity index (χ3v) is 4.94. The van der Waals surface area contributed by atoms with Crippen molar-refractivity contribution in [1.82, 2.24) is 4.98 Å². The molecule has 3 aromatic rings. The summed E-state index contributed by atoms with van der Waals surface area (Å²) in [5.74, 6) is -0.642. The predicted molar refractivity (Wildman–Crippen MR) is 102 cm³/mol. The van der Waals surface area contributed by atoms with E-state index in [1.807, 2.05) is 18.3 Å². The fourth-order valence-corrected chi connectivity index (χ4v) is 3.53. The Bertz CT molecular complexity index is 988. The number of allylic oxidation sites excluding steroid dienone is 1. The Morgan fingerprint density at radius 1 is 1.19 bits per heavy atom. The number of aromatic amines is 1. The topological polar surface area (TPSA) is 70.9 Å². The minimum atomic E-state index is -0.416. The smallest absolute Gasteiger partial charge is 0.248 e. The molecule has 5 heteroatoms. The van der Waals surface area contributed by atoms with Crippen molar-refractivity contribution in [2.75, 3.05) is 5.32 Å². The first-order valence-electron chi connectivity index (χ1n) is 8.72. The maximum atomic E-state index is 13.0. The van der Waals surface area contributed by atoms with E-state index < -0.39 is 5.91 Å². The summed E-state index contributed by atoms with van der Waals surface area (Å²) >= 11 is 0. The van der Waals surface area contributed by atoms with Crippen LogP contribution < -0.4 is 11.1 Å². The number of carbonyl (C=O) groups excluding carboxylic acids is 1. The van der Waals surface area contributed by atoms with E-state index in [-0.39, 0.29) is 5.82 Å². The molecule has 4 N–H and O–H groups in total. The number of halogens is 1. The second-order valence-corrected chi connectivity index (χ2v) is 6.68. The molecule has 1 unspecified atom stereocenters. The average Bonchev–Trinajstić information content (AvgIpc) is 3.07. The molecule has 4 nitrogen and oxygen atoms in total. The fourth-order valence-electron chi connectivity index (χ4n) is 3.53. The van der Waals surface area contributed by atoms with Crippen LogP contribution in [0.5, 0.6) is 0 Å². The normalized spacial score (nSPS) is 17.1. The van der Waals surface area contributed by atoms with Crippen LogP contribution in [0.1, 0.15) is 35.2 Å². The Hall–Kier alpha value is -3.08. The third kappa shape index (κ3) is 3.20. The summed E-state index contributed by atoms with van der Waals surface area (Å²) in [6.45, 7) is 0. The molecular formula is C21H20FN3O. The van der Waals surface area contributed by atoms with Gasteiger partial charge in [0.25, 0.3) is 0 Å². The van der Waals surface area contributed by atoms with Gasteiger partial charge in [-0.1, -0.05) is 6.08 Å². The van der Waals surface area contributed by atoms with E-state index in [0.29, 0.717) is 11.6 Å². The minimum Gasteiger partial charge on any atom is -0.382 e. The van der Waals surface area contributed by atoms with Gasteiger partial charge in [0.2, 0.25) is 5.91 Å². The van der Waals surface area contributed by atoms with Gasteiger partial charge in [-0.3, -0.25) is 4.79 Å². The van der Waals surface area contributed by atoms with Crippen LogP contribution in [-0.4, -0.2) is 16.9 Å². The van der Waals surface area contributed by atoms with Crippen molar-refractivity contribution in [3.8, 4) is 0 Å². The Labute approximate surface area is 150 Å². The lowest BCUT2D eigenvalue weighted by Gasteiger charge is -2.24. The molecule has 0 saturated heterocycles. The third-order valence-electron chi connectivity index (χ3n) is 4.94. The van der Waals surface area contributed by atoms with E-state index in [1.54, 1.807) is 18.2 Å². The van der Waals surface area contributed by atoms with Crippen molar-refractivity contribution in [3.63, 3.8) is 0 Å². The van der Waals surface area contributed by atoms with Crippen LogP contribution in [0.4, 0.5) is 10.1 Å². The standard InChI is InChI=1S/C21H20FN3O/c22-15-4-8-17(9-5-15)25-16-6-1-13(2-7-16)19-12-24-20-10-3-14(21(23)26)11-18(19)20/h1,3-5,8-12,16,24-25H,2,6-7H2,(H2,23,26). The zero-order valence-electron chi connectivity index (χ0n) is 14.3. The summed E-state index contributed by atoms with van der Waals surface area (Å²) < 4.78 is 13.0. The van der Waals surface area contributed by atoms with Crippen molar-refractivity contribution in [3.05, 3.63) is 71.7 Å². The fraction of sp³-hybridized carbons (Fsp3) is 0.190. The van der Waals surface area contributed by atoms with E-state index in [0.717, 1.165) is 41.4 Å². The second kappa shape index (κ2) is 6.67. The molecular weight excluding hydrogens is 329 g/mol. The molecule has 1 aliphatic carbocycles. The molecule has 0 fully saturated rings. The van der Waals surface area contributed by atoms with Gasteiger partial charge in [-0.15, -0.1) is 0 Å². The van der Waals surface area contributed by atoms with Crippen LogP contribution in [-0.2, 0) is 0 Å². The van der Waals surface area contributed by atoms with Crippen LogP contribution in [0, 0.1) is 5.82 Å². The first kappa shape index (κ1) is 16.4. The summed E-state index contributed by atoms with van der Waals surface area (Å²) in [5, 5.41) is 4.48. The number of nitrogens with two attached hydrogens (primary N) is 1. The molecule has 0 spiro atoms. The van der Waals surface area contributed by atoms with E-state index in [4.69, 9.17) is 5.73 Å².